The van der Waals surface area contributed by atoms with Crippen LogP contribution in [0, 0.1) is 0 Å². The number of nitrogens with one attached hydrogen (secondary N) is 1. The third-order valence-corrected chi connectivity index (χ3v) is 5.31. The van der Waals surface area contributed by atoms with Crippen molar-refractivity contribution in [3.63, 3.8) is 0 Å². The highest BCUT2D eigenvalue weighted by atomic mass is 79.9. The van der Waals surface area contributed by atoms with Crippen molar-refractivity contribution in [2.75, 3.05) is 24.5 Å². The lowest BCUT2D eigenvalue weighted by atomic mass is 9.80. The van der Waals surface area contributed by atoms with Crippen LogP contribution in [0.3, 0.4) is 0 Å². The molecule has 104 valence electrons. The molecule has 0 bridgehead atoms. The quantitative estimate of drug-likeness (QED) is 0.821. The largest absolute Gasteiger partial charge is 0.367 e. The van der Waals surface area contributed by atoms with E-state index < -0.39 is 0 Å². The Morgan fingerprint density at radius 1 is 1.21 bits per heavy atom. The molecule has 2 nitrogen and oxygen atoms in total. The highest BCUT2D eigenvalue weighted by Crippen LogP contribution is 2.35. The van der Waals surface area contributed by atoms with Crippen LogP contribution in [0.2, 0.25) is 5.02 Å². The van der Waals surface area contributed by atoms with Crippen LogP contribution in [0.15, 0.2) is 22.7 Å². The first-order valence-corrected chi connectivity index (χ1v) is 8.31. The Bertz CT molecular complexity index is 452. The Kier molecular flexibility index (Phi) is 4.06. The van der Waals surface area contributed by atoms with E-state index in [1.54, 1.807) is 0 Å². The summed E-state index contributed by atoms with van der Waals surface area (Å²) in [6, 6.07) is 6.11. The first-order valence-electron chi connectivity index (χ1n) is 7.14. The molecule has 2 aliphatic rings. The van der Waals surface area contributed by atoms with Crippen molar-refractivity contribution in [3.8, 4) is 0 Å². The van der Waals surface area contributed by atoms with Gasteiger partial charge in [-0.3, -0.25) is 0 Å². The summed E-state index contributed by atoms with van der Waals surface area (Å²) in [4.78, 5) is 2.50. The molecular formula is C15H20BrClN2. The third-order valence-electron chi connectivity index (χ3n) is 4.44. The summed E-state index contributed by atoms with van der Waals surface area (Å²) < 4.78 is 1.10. The van der Waals surface area contributed by atoms with Crippen LogP contribution < -0.4 is 10.2 Å². The van der Waals surface area contributed by atoms with Crippen molar-refractivity contribution < 1.29 is 0 Å². The van der Waals surface area contributed by atoms with Crippen molar-refractivity contribution in [1.29, 1.82) is 0 Å². The second kappa shape index (κ2) is 5.63. The van der Waals surface area contributed by atoms with Gasteiger partial charge < -0.3 is 10.2 Å². The number of hydrogen-bond donors (Lipinski definition) is 1. The molecule has 1 aromatic carbocycles. The number of benzene rings is 1. The predicted molar refractivity (Wildman–Crippen MR) is 85.2 cm³/mol. The Morgan fingerprint density at radius 2 is 2.00 bits per heavy atom. The number of halogens is 2. The number of anilines is 1. The highest BCUT2D eigenvalue weighted by molar-refractivity contribution is 9.10. The van der Waals surface area contributed by atoms with Crippen molar-refractivity contribution in [3.05, 3.63) is 27.7 Å². The number of piperazine rings is 1. The van der Waals surface area contributed by atoms with Crippen molar-refractivity contribution in [2.45, 2.75) is 37.6 Å². The Labute approximate surface area is 128 Å². The maximum absolute atomic E-state index is 6.04. The van der Waals surface area contributed by atoms with Gasteiger partial charge in [0.25, 0.3) is 0 Å². The van der Waals surface area contributed by atoms with E-state index in [9.17, 15) is 0 Å². The average molecular weight is 344 g/mol. The van der Waals surface area contributed by atoms with Gasteiger partial charge in [-0.2, -0.15) is 0 Å². The molecule has 0 amide bonds. The van der Waals surface area contributed by atoms with Crippen LogP contribution in [0.25, 0.3) is 0 Å². The molecular weight excluding hydrogens is 324 g/mol. The zero-order valence-electron chi connectivity index (χ0n) is 11.1. The van der Waals surface area contributed by atoms with E-state index in [1.165, 1.54) is 37.8 Å². The fourth-order valence-corrected chi connectivity index (χ4v) is 4.40. The van der Waals surface area contributed by atoms with Gasteiger partial charge in [0.05, 0.1) is 5.69 Å². The van der Waals surface area contributed by atoms with E-state index in [4.69, 9.17) is 11.6 Å². The van der Waals surface area contributed by atoms with Crippen LogP contribution >= 0.6 is 27.5 Å². The number of hydrogen-bond acceptors (Lipinski definition) is 2. The molecule has 0 radical (unpaired) electrons. The molecule has 4 heteroatoms. The minimum absolute atomic E-state index is 0.343. The molecule has 2 fully saturated rings. The van der Waals surface area contributed by atoms with E-state index in [2.05, 4.69) is 32.2 Å². The fraction of sp³-hybridized carbons (Fsp3) is 0.600. The van der Waals surface area contributed by atoms with E-state index in [1.807, 2.05) is 12.1 Å². The zero-order valence-corrected chi connectivity index (χ0v) is 13.4. The van der Waals surface area contributed by atoms with Crippen molar-refractivity contribution in [2.24, 2.45) is 0 Å². The maximum Gasteiger partial charge on any atom is 0.0512 e. The minimum atomic E-state index is 0.343. The lowest BCUT2D eigenvalue weighted by Crippen LogP contribution is -2.61. The molecule has 0 atom stereocenters. The summed E-state index contributed by atoms with van der Waals surface area (Å²) in [6.45, 7) is 3.27. The van der Waals surface area contributed by atoms with Gasteiger partial charge in [-0.1, -0.05) is 30.9 Å². The lowest BCUT2D eigenvalue weighted by Gasteiger charge is -2.47. The first kappa shape index (κ1) is 13.7. The number of nitrogens with zero attached hydrogens (tertiary/aromatic N) is 1. The van der Waals surface area contributed by atoms with Gasteiger partial charge in [-0.15, -0.1) is 0 Å². The Hall–Kier alpha value is -0.250. The van der Waals surface area contributed by atoms with Gasteiger partial charge in [0.2, 0.25) is 0 Å². The standard InChI is InChI=1S/C15H20BrClN2/c16-13-10-12(17)4-5-14(13)19-9-8-18-15(11-19)6-2-1-3-7-15/h4-5,10,18H,1-3,6-9,11H2. The van der Waals surface area contributed by atoms with Crippen LogP contribution in [-0.2, 0) is 0 Å². The van der Waals surface area contributed by atoms with Gasteiger partial charge in [0.1, 0.15) is 0 Å². The summed E-state index contributed by atoms with van der Waals surface area (Å²) in [7, 11) is 0. The fourth-order valence-electron chi connectivity index (χ4n) is 3.46. The van der Waals surface area contributed by atoms with Gasteiger partial charge in [0.15, 0.2) is 0 Å². The van der Waals surface area contributed by atoms with Crippen molar-refractivity contribution >= 4 is 33.2 Å². The molecule has 1 spiro atoms. The van der Waals surface area contributed by atoms with Gasteiger partial charge in [-0.25, -0.2) is 0 Å². The molecule has 1 saturated carbocycles. The second-order valence-electron chi connectivity index (χ2n) is 5.79. The van der Waals surface area contributed by atoms with Gasteiger partial charge in [0, 0.05) is 34.7 Å². The van der Waals surface area contributed by atoms with E-state index in [-0.39, 0.29) is 0 Å². The third kappa shape index (κ3) is 2.93. The summed E-state index contributed by atoms with van der Waals surface area (Å²) in [5.74, 6) is 0. The van der Waals surface area contributed by atoms with Crippen LogP contribution in [0.5, 0.6) is 0 Å². The summed E-state index contributed by atoms with van der Waals surface area (Å²) in [5, 5.41) is 4.57. The second-order valence-corrected chi connectivity index (χ2v) is 7.08. The van der Waals surface area contributed by atoms with Crippen LogP contribution in [0.4, 0.5) is 5.69 Å². The molecule has 1 heterocycles. The molecule has 1 saturated heterocycles. The zero-order chi connectivity index (χ0) is 13.3. The van der Waals surface area contributed by atoms with E-state index >= 15 is 0 Å². The molecule has 0 unspecified atom stereocenters. The lowest BCUT2D eigenvalue weighted by molar-refractivity contribution is 0.216. The topological polar surface area (TPSA) is 15.3 Å². The van der Waals surface area contributed by atoms with Crippen LogP contribution in [-0.4, -0.2) is 25.2 Å². The van der Waals surface area contributed by atoms with Crippen molar-refractivity contribution in [1.82, 2.24) is 5.32 Å². The summed E-state index contributed by atoms with van der Waals surface area (Å²) in [5.41, 5.74) is 1.62. The first-order chi connectivity index (χ1) is 9.19. The Morgan fingerprint density at radius 3 is 2.74 bits per heavy atom. The van der Waals surface area contributed by atoms with E-state index in [0.717, 1.165) is 29.1 Å². The molecule has 19 heavy (non-hydrogen) atoms. The SMILES string of the molecule is Clc1ccc(N2CCNC3(CCCCC3)C2)c(Br)c1. The Balaban J connectivity index is 1.81. The maximum atomic E-state index is 6.04. The van der Waals surface area contributed by atoms with Crippen LogP contribution in [0.1, 0.15) is 32.1 Å². The normalized spacial score (nSPS) is 22.7. The molecule has 1 aliphatic carbocycles. The predicted octanol–water partition coefficient (Wildman–Crippen LogP) is 4.22. The molecule has 1 aromatic rings. The summed E-state index contributed by atoms with van der Waals surface area (Å²) >= 11 is 9.69. The number of rotatable bonds is 1. The summed E-state index contributed by atoms with van der Waals surface area (Å²) in [6.07, 6.45) is 6.75. The van der Waals surface area contributed by atoms with Gasteiger partial charge >= 0.3 is 0 Å². The van der Waals surface area contributed by atoms with Gasteiger partial charge in [-0.05, 0) is 47.0 Å². The highest BCUT2D eigenvalue weighted by Gasteiger charge is 2.36. The monoisotopic (exact) mass is 342 g/mol. The average Bonchev–Trinajstić information content (AvgIpc) is 2.39. The molecule has 1 N–H and O–H groups in total. The van der Waals surface area contributed by atoms with E-state index in [0.29, 0.717) is 5.54 Å². The molecule has 3 rings (SSSR count). The smallest absolute Gasteiger partial charge is 0.0512 e. The molecule has 1 aliphatic heterocycles. The minimum Gasteiger partial charge on any atom is -0.367 e. The molecule has 0 aromatic heterocycles.